The maximum atomic E-state index is 12.1. The Balaban J connectivity index is 2.83. The van der Waals surface area contributed by atoms with Crippen LogP contribution < -0.4 is 9.47 Å². The van der Waals surface area contributed by atoms with Gasteiger partial charge >= 0.3 is 6.61 Å². The number of rotatable bonds is 6. The maximum Gasteiger partial charge on any atom is 0.387 e. The second-order valence-electron chi connectivity index (χ2n) is 3.13. The lowest BCUT2D eigenvalue weighted by Gasteiger charge is -2.11. The van der Waals surface area contributed by atoms with E-state index in [2.05, 4.69) is 4.74 Å². The summed E-state index contributed by atoms with van der Waals surface area (Å²) >= 11 is 5.61. The predicted octanol–water partition coefficient (Wildman–Crippen LogP) is 3.82. The maximum absolute atomic E-state index is 12.1. The highest BCUT2D eigenvalue weighted by molar-refractivity contribution is 6.17. The van der Waals surface area contributed by atoms with Crippen LogP contribution in [0.25, 0.3) is 0 Å². The summed E-state index contributed by atoms with van der Waals surface area (Å²) in [5.41, 5.74) is 0.519. The molecule has 0 radical (unpaired) electrons. The third kappa shape index (κ3) is 3.85. The summed E-state index contributed by atoms with van der Waals surface area (Å²) in [7, 11) is 0. The molecule has 0 saturated heterocycles. The minimum absolute atomic E-state index is 0.0682. The van der Waals surface area contributed by atoms with E-state index in [1.165, 1.54) is 6.07 Å². The SMILES string of the molecule is CCCOc1ccc(CCl)c(OC(F)F)c1. The third-order valence-corrected chi connectivity index (χ3v) is 2.16. The summed E-state index contributed by atoms with van der Waals surface area (Å²) in [5.74, 6) is 0.695. The van der Waals surface area contributed by atoms with Crippen LogP contribution in [0.1, 0.15) is 18.9 Å². The quantitative estimate of drug-likeness (QED) is 0.715. The molecule has 16 heavy (non-hydrogen) atoms. The van der Waals surface area contributed by atoms with E-state index >= 15 is 0 Å². The first-order valence-electron chi connectivity index (χ1n) is 4.94. The minimum Gasteiger partial charge on any atom is -0.493 e. The van der Waals surface area contributed by atoms with E-state index in [-0.39, 0.29) is 11.6 Å². The van der Waals surface area contributed by atoms with Gasteiger partial charge in [0.2, 0.25) is 0 Å². The number of hydrogen-bond acceptors (Lipinski definition) is 2. The highest BCUT2D eigenvalue weighted by Crippen LogP contribution is 2.27. The van der Waals surface area contributed by atoms with Crippen LogP contribution in [0.2, 0.25) is 0 Å². The van der Waals surface area contributed by atoms with Gasteiger partial charge in [0.25, 0.3) is 0 Å². The highest BCUT2D eigenvalue weighted by atomic mass is 35.5. The van der Waals surface area contributed by atoms with Crippen molar-refractivity contribution in [1.82, 2.24) is 0 Å². The van der Waals surface area contributed by atoms with Crippen molar-refractivity contribution in [3.05, 3.63) is 23.8 Å². The monoisotopic (exact) mass is 250 g/mol. The predicted molar refractivity (Wildman–Crippen MR) is 58.4 cm³/mol. The second kappa shape index (κ2) is 6.53. The Morgan fingerprint density at radius 2 is 2.12 bits per heavy atom. The average molecular weight is 251 g/mol. The molecular weight excluding hydrogens is 238 g/mol. The molecule has 0 saturated carbocycles. The van der Waals surface area contributed by atoms with E-state index in [4.69, 9.17) is 16.3 Å². The van der Waals surface area contributed by atoms with Crippen molar-refractivity contribution in [1.29, 1.82) is 0 Å². The van der Waals surface area contributed by atoms with Gasteiger partial charge < -0.3 is 9.47 Å². The molecule has 2 nitrogen and oxygen atoms in total. The topological polar surface area (TPSA) is 18.5 Å². The number of ether oxygens (including phenoxy) is 2. The molecule has 0 atom stereocenters. The normalized spacial score (nSPS) is 10.6. The van der Waals surface area contributed by atoms with Crippen molar-refractivity contribution < 1.29 is 18.3 Å². The van der Waals surface area contributed by atoms with E-state index in [0.29, 0.717) is 17.9 Å². The lowest BCUT2D eigenvalue weighted by Crippen LogP contribution is -2.04. The van der Waals surface area contributed by atoms with Crippen LogP contribution in [0.4, 0.5) is 8.78 Å². The van der Waals surface area contributed by atoms with E-state index in [9.17, 15) is 8.78 Å². The van der Waals surface area contributed by atoms with Gasteiger partial charge in [-0.2, -0.15) is 8.78 Å². The molecule has 1 aromatic rings. The number of hydrogen-bond donors (Lipinski definition) is 0. The molecule has 0 aliphatic rings. The van der Waals surface area contributed by atoms with Crippen molar-refractivity contribution in [3.8, 4) is 11.5 Å². The van der Waals surface area contributed by atoms with Crippen LogP contribution in [0.15, 0.2) is 18.2 Å². The van der Waals surface area contributed by atoms with Crippen molar-refractivity contribution >= 4 is 11.6 Å². The van der Waals surface area contributed by atoms with E-state index in [1.54, 1.807) is 12.1 Å². The van der Waals surface area contributed by atoms with E-state index in [1.807, 2.05) is 6.92 Å². The van der Waals surface area contributed by atoms with Gasteiger partial charge in [0.05, 0.1) is 12.5 Å². The Labute approximate surface area is 98.1 Å². The van der Waals surface area contributed by atoms with Gasteiger partial charge in [0, 0.05) is 11.6 Å². The lowest BCUT2D eigenvalue weighted by molar-refractivity contribution is -0.0504. The van der Waals surface area contributed by atoms with Crippen LogP contribution >= 0.6 is 11.6 Å². The molecule has 0 fully saturated rings. The molecule has 1 rings (SSSR count). The zero-order valence-electron chi connectivity index (χ0n) is 8.88. The fraction of sp³-hybridized carbons (Fsp3) is 0.455. The van der Waals surface area contributed by atoms with Crippen LogP contribution in [0.3, 0.4) is 0 Å². The molecule has 0 bridgehead atoms. The summed E-state index contributed by atoms with van der Waals surface area (Å²) in [6.45, 7) is -0.360. The first-order valence-corrected chi connectivity index (χ1v) is 5.47. The fourth-order valence-corrected chi connectivity index (χ4v) is 1.38. The standard InChI is InChI=1S/C11H13ClF2O2/c1-2-5-15-9-4-3-8(7-12)10(6-9)16-11(13)14/h3-4,6,11H,2,5,7H2,1H3. The van der Waals surface area contributed by atoms with Gasteiger partial charge in [-0.05, 0) is 12.5 Å². The smallest absolute Gasteiger partial charge is 0.387 e. The highest BCUT2D eigenvalue weighted by Gasteiger charge is 2.10. The zero-order valence-corrected chi connectivity index (χ0v) is 9.64. The van der Waals surface area contributed by atoms with Gasteiger partial charge in [0.15, 0.2) is 0 Å². The first-order chi connectivity index (χ1) is 7.67. The second-order valence-corrected chi connectivity index (χ2v) is 3.40. The molecule has 0 aliphatic heterocycles. The Hall–Kier alpha value is -1.03. The summed E-state index contributed by atoms with van der Waals surface area (Å²) in [6, 6.07) is 4.74. The van der Waals surface area contributed by atoms with Gasteiger partial charge in [-0.3, -0.25) is 0 Å². The summed E-state index contributed by atoms with van der Waals surface area (Å²) in [6.07, 6.45) is 0.849. The van der Waals surface area contributed by atoms with Gasteiger partial charge in [-0.1, -0.05) is 13.0 Å². The van der Waals surface area contributed by atoms with E-state index < -0.39 is 6.61 Å². The Kier molecular flexibility index (Phi) is 5.32. The average Bonchev–Trinajstić information content (AvgIpc) is 2.26. The van der Waals surface area contributed by atoms with Crippen LogP contribution in [-0.2, 0) is 5.88 Å². The summed E-state index contributed by atoms with van der Waals surface area (Å²) in [4.78, 5) is 0. The van der Waals surface area contributed by atoms with Gasteiger partial charge in [0.1, 0.15) is 11.5 Å². The van der Waals surface area contributed by atoms with Crippen LogP contribution in [0.5, 0.6) is 11.5 Å². The Bertz CT molecular complexity index is 332. The zero-order chi connectivity index (χ0) is 12.0. The van der Waals surface area contributed by atoms with Crippen LogP contribution in [0, 0.1) is 0 Å². The van der Waals surface area contributed by atoms with Crippen molar-refractivity contribution in [3.63, 3.8) is 0 Å². The molecule has 1 aromatic carbocycles. The third-order valence-electron chi connectivity index (χ3n) is 1.87. The number of halogens is 3. The minimum atomic E-state index is -2.86. The Morgan fingerprint density at radius 1 is 1.38 bits per heavy atom. The lowest BCUT2D eigenvalue weighted by atomic mass is 10.2. The van der Waals surface area contributed by atoms with Gasteiger partial charge in [-0.15, -0.1) is 11.6 Å². The van der Waals surface area contributed by atoms with Crippen molar-refractivity contribution in [2.24, 2.45) is 0 Å². The van der Waals surface area contributed by atoms with Crippen molar-refractivity contribution in [2.45, 2.75) is 25.8 Å². The molecule has 0 aliphatic carbocycles. The Morgan fingerprint density at radius 3 is 2.69 bits per heavy atom. The van der Waals surface area contributed by atoms with Crippen molar-refractivity contribution in [2.75, 3.05) is 6.61 Å². The molecular formula is C11H13ClF2O2. The summed E-state index contributed by atoms with van der Waals surface area (Å²) in [5, 5.41) is 0. The fourth-order valence-electron chi connectivity index (χ4n) is 1.16. The first kappa shape index (κ1) is 13.0. The molecule has 0 heterocycles. The van der Waals surface area contributed by atoms with E-state index in [0.717, 1.165) is 6.42 Å². The molecule has 0 amide bonds. The molecule has 0 aromatic heterocycles. The number of benzene rings is 1. The molecule has 0 unspecified atom stereocenters. The molecule has 5 heteroatoms. The summed E-state index contributed by atoms with van der Waals surface area (Å²) < 4.78 is 33.9. The largest absolute Gasteiger partial charge is 0.493 e. The molecule has 0 N–H and O–H groups in total. The molecule has 0 spiro atoms. The van der Waals surface area contributed by atoms with Crippen LogP contribution in [-0.4, -0.2) is 13.2 Å². The molecule has 90 valence electrons. The number of alkyl halides is 3. The van der Waals surface area contributed by atoms with Gasteiger partial charge in [-0.25, -0.2) is 0 Å².